The Hall–Kier alpha value is -4.11. The molecule has 0 radical (unpaired) electrons. The van der Waals surface area contributed by atoms with Gasteiger partial charge in [0.15, 0.2) is 11.6 Å². The topological polar surface area (TPSA) is 38.7 Å². The predicted molar refractivity (Wildman–Crippen MR) is 123 cm³/mol. The second kappa shape index (κ2) is 6.75. The van der Waals surface area contributed by atoms with E-state index in [1.807, 2.05) is 12.1 Å². The van der Waals surface area contributed by atoms with Gasteiger partial charge in [-0.2, -0.15) is 0 Å². The molecule has 0 fully saturated rings. The first-order chi connectivity index (χ1) is 14.9. The molecular weight excluding hydrogens is 366 g/mol. The molecule has 0 unspecified atom stereocenters. The fourth-order valence-electron chi connectivity index (χ4n) is 4.13. The molecule has 6 rings (SSSR count). The van der Waals surface area contributed by atoms with E-state index in [0.29, 0.717) is 11.6 Å². The summed E-state index contributed by atoms with van der Waals surface area (Å²) in [6.07, 6.45) is 1.61. The van der Waals surface area contributed by atoms with Gasteiger partial charge in [0, 0.05) is 11.1 Å². The molecular formula is C27H17N3. The maximum atomic E-state index is 4.85. The van der Waals surface area contributed by atoms with E-state index < -0.39 is 0 Å². The van der Waals surface area contributed by atoms with E-state index in [9.17, 15) is 0 Å². The van der Waals surface area contributed by atoms with E-state index in [4.69, 9.17) is 4.98 Å². The number of rotatable bonds is 2. The summed E-state index contributed by atoms with van der Waals surface area (Å²) in [7, 11) is 0. The van der Waals surface area contributed by atoms with Crippen LogP contribution in [0.25, 0.3) is 55.1 Å². The van der Waals surface area contributed by atoms with Crippen LogP contribution in [0.4, 0.5) is 0 Å². The fourth-order valence-corrected chi connectivity index (χ4v) is 4.13. The third-order valence-electron chi connectivity index (χ3n) is 5.59. The van der Waals surface area contributed by atoms with Crippen LogP contribution < -0.4 is 0 Å². The van der Waals surface area contributed by atoms with Crippen molar-refractivity contribution in [3.8, 4) is 22.8 Å². The second-order valence-electron chi connectivity index (χ2n) is 7.39. The number of benzene rings is 5. The molecule has 30 heavy (non-hydrogen) atoms. The molecule has 0 bridgehead atoms. The number of hydrogen-bond acceptors (Lipinski definition) is 3. The zero-order valence-electron chi connectivity index (χ0n) is 16.2. The lowest BCUT2D eigenvalue weighted by Crippen LogP contribution is -1.96. The highest BCUT2D eigenvalue weighted by Crippen LogP contribution is 2.33. The first-order valence-corrected chi connectivity index (χ1v) is 9.96. The molecule has 0 aliphatic rings. The summed E-state index contributed by atoms with van der Waals surface area (Å²) in [5.41, 5.74) is 2.01. The Balaban J connectivity index is 1.57. The van der Waals surface area contributed by atoms with Crippen LogP contribution in [0, 0.1) is 0 Å². The summed E-state index contributed by atoms with van der Waals surface area (Å²) in [4.78, 5) is 13.8. The van der Waals surface area contributed by atoms with Crippen molar-refractivity contribution in [3.05, 3.63) is 103 Å². The van der Waals surface area contributed by atoms with Crippen molar-refractivity contribution in [3.63, 3.8) is 0 Å². The molecule has 140 valence electrons. The standard InChI is InChI=1S/C27H17N3/c1-2-8-19-15-21(14-13-18(19)7-1)26-28-17-29-27(30-26)25-16-20-9-3-4-10-22(20)23-11-5-6-12-24(23)25/h1-17H. The van der Waals surface area contributed by atoms with E-state index in [1.165, 1.54) is 26.9 Å². The monoisotopic (exact) mass is 383 g/mol. The van der Waals surface area contributed by atoms with Crippen molar-refractivity contribution in [2.75, 3.05) is 0 Å². The van der Waals surface area contributed by atoms with Gasteiger partial charge in [-0.25, -0.2) is 15.0 Å². The normalized spacial score (nSPS) is 11.3. The van der Waals surface area contributed by atoms with E-state index >= 15 is 0 Å². The van der Waals surface area contributed by atoms with Gasteiger partial charge in [-0.3, -0.25) is 0 Å². The molecule has 3 nitrogen and oxygen atoms in total. The number of hydrogen-bond donors (Lipinski definition) is 0. The SMILES string of the molecule is c1ccc2cc(-c3ncnc(-c4cc5ccccc5c5ccccc45)n3)ccc2c1. The summed E-state index contributed by atoms with van der Waals surface area (Å²) in [6.45, 7) is 0. The summed E-state index contributed by atoms with van der Waals surface area (Å²) in [5, 5.41) is 7.15. The molecule has 0 saturated heterocycles. The van der Waals surface area contributed by atoms with Crippen LogP contribution in [-0.2, 0) is 0 Å². The van der Waals surface area contributed by atoms with E-state index in [1.54, 1.807) is 6.33 Å². The maximum absolute atomic E-state index is 4.85. The lowest BCUT2D eigenvalue weighted by Gasteiger charge is -2.10. The highest BCUT2D eigenvalue weighted by molar-refractivity contribution is 6.13. The van der Waals surface area contributed by atoms with E-state index in [0.717, 1.165) is 16.5 Å². The van der Waals surface area contributed by atoms with Gasteiger partial charge in [-0.1, -0.05) is 84.9 Å². The van der Waals surface area contributed by atoms with Gasteiger partial charge in [-0.05, 0) is 44.5 Å². The summed E-state index contributed by atoms with van der Waals surface area (Å²) >= 11 is 0. The highest BCUT2D eigenvalue weighted by atomic mass is 15.0. The molecule has 1 aromatic heterocycles. The second-order valence-corrected chi connectivity index (χ2v) is 7.39. The van der Waals surface area contributed by atoms with Crippen molar-refractivity contribution in [2.45, 2.75) is 0 Å². The van der Waals surface area contributed by atoms with Gasteiger partial charge in [0.1, 0.15) is 6.33 Å². The average Bonchev–Trinajstić information content (AvgIpc) is 2.83. The quantitative estimate of drug-likeness (QED) is 0.314. The number of aromatic nitrogens is 3. The maximum Gasteiger partial charge on any atom is 0.164 e. The van der Waals surface area contributed by atoms with Gasteiger partial charge >= 0.3 is 0 Å². The Morgan fingerprint density at radius 1 is 0.467 bits per heavy atom. The van der Waals surface area contributed by atoms with Crippen LogP contribution in [0.1, 0.15) is 0 Å². The largest absolute Gasteiger partial charge is 0.217 e. The minimum absolute atomic E-state index is 0.683. The molecule has 5 aromatic carbocycles. The Labute approximate surface area is 173 Å². The Morgan fingerprint density at radius 3 is 2.00 bits per heavy atom. The molecule has 0 spiro atoms. The molecule has 0 aliphatic carbocycles. The molecule has 0 atom stereocenters. The Bertz CT molecular complexity index is 1550. The fraction of sp³-hybridized carbons (Fsp3) is 0. The van der Waals surface area contributed by atoms with Crippen molar-refractivity contribution >= 4 is 32.3 Å². The minimum Gasteiger partial charge on any atom is -0.217 e. The molecule has 6 aromatic rings. The van der Waals surface area contributed by atoms with Gasteiger partial charge in [0.25, 0.3) is 0 Å². The molecule has 0 amide bonds. The summed E-state index contributed by atoms with van der Waals surface area (Å²) in [6, 6.07) is 33.7. The van der Waals surface area contributed by atoms with Crippen molar-refractivity contribution in [1.82, 2.24) is 15.0 Å². The zero-order valence-corrected chi connectivity index (χ0v) is 16.2. The minimum atomic E-state index is 0.683. The average molecular weight is 383 g/mol. The molecule has 3 heteroatoms. The van der Waals surface area contributed by atoms with Crippen LogP contribution in [0.2, 0.25) is 0 Å². The van der Waals surface area contributed by atoms with Gasteiger partial charge in [0.05, 0.1) is 0 Å². The van der Waals surface area contributed by atoms with Gasteiger partial charge in [0.2, 0.25) is 0 Å². The first-order valence-electron chi connectivity index (χ1n) is 9.96. The van der Waals surface area contributed by atoms with Crippen LogP contribution in [-0.4, -0.2) is 15.0 Å². The van der Waals surface area contributed by atoms with E-state index in [2.05, 4.69) is 94.9 Å². The molecule has 1 heterocycles. The van der Waals surface area contributed by atoms with Gasteiger partial charge in [-0.15, -0.1) is 0 Å². The Kier molecular flexibility index (Phi) is 3.78. The van der Waals surface area contributed by atoms with Crippen LogP contribution in [0.15, 0.2) is 103 Å². The number of nitrogens with zero attached hydrogens (tertiary/aromatic N) is 3. The van der Waals surface area contributed by atoms with Crippen LogP contribution in [0.5, 0.6) is 0 Å². The van der Waals surface area contributed by atoms with Crippen LogP contribution in [0.3, 0.4) is 0 Å². The molecule has 0 saturated carbocycles. The van der Waals surface area contributed by atoms with Crippen LogP contribution >= 0.6 is 0 Å². The predicted octanol–water partition coefficient (Wildman–Crippen LogP) is 6.67. The molecule has 0 N–H and O–H groups in total. The Morgan fingerprint density at radius 2 is 1.13 bits per heavy atom. The third kappa shape index (κ3) is 2.72. The first kappa shape index (κ1) is 16.8. The molecule has 0 aliphatic heterocycles. The van der Waals surface area contributed by atoms with E-state index in [-0.39, 0.29) is 0 Å². The third-order valence-corrected chi connectivity index (χ3v) is 5.59. The van der Waals surface area contributed by atoms with Crippen molar-refractivity contribution in [2.24, 2.45) is 0 Å². The highest BCUT2D eigenvalue weighted by Gasteiger charge is 2.12. The lowest BCUT2D eigenvalue weighted by atomic mass is 9.97. The smallest absolute Gasteiger partial charge is 0.164 e. The number of fused-ring (bicyclic) bond motifs is 4. The summed E-state index contributed by atoms with van der Waals surface area (Å²) in [5.74, 6) is 1.37. The zero-order chi connectivity index (χ0) is 19.9. The lowest BCUT2D eigenvalue weighted by molar-refractivity contribution is 1.07. The van der Waals surface area contributed by atoms with Crippen molar-refractivity contribution in [1.29, 1.82) is 0 Å². The summed E-state index contributed by atoms with van der Waals surface area (Å²) < 4.78 is 0. The van der Waals surface area contributed by atoms with Gasteiger partial charge < -0.3 is 0 Å². The van der Waals surface area contributed by atoms with Crippen molar-refractivity contribution < 1.29 is 0 Å².